The third-order valence-corrected chi connectivity index (χ3v) is 3.41. The monoisotopic (exact) mass is 273 g/mol. The van der Waals surface area contributed by atoms with Gasteiger partial charge in [-0.05, 0) is 26.7 Å². The van der Waals surface area contributed by atoms with Crippen LogP contribution in [0.25, 0.3) is 11.5 Å². The summed E-state index contributed by atoms with van der Waals surface area (Å²) >= 11 is 0. The van der Waals surface area contributed by atoms with Crippen LogP contribution in [0.1, 0.15) is 38.4 Å². The summed E-state index contributed by atoms with van der Waals surface area (Å²) in [4.78, 5) is 13.6. The lowest BCUT2D eigenvalue weighted by Crippen LogP contribution is -2.10. The number of nitrogens with zero attached hydrogens (tertiary/aromatic N) is 4. The van der Waals surface area contributed by atoms with Crippen molar-refractivity contribution in [2.75, 3.05) is 11.9 Å². The van der Waals surface area contributed by atoms with Gasteiger partial charge in [-0.1, -0.05) is 13.8 Å². The van der Waals surface area contributed by atoms with Crippen LogP contribution in [-0.4, -0.2) is 26.1 Å². The van der Waals surface area contributed by atoms with E-state index < -0.39 is 0 Å². The Hall–Kier alpha value is -1.91. The van der Waals surface area contributed by atoms with E-state index in [9.17, 15) is 0 Å². The van der Waals surface area contributed by atoms with Crippen LogP contribution in [0.2, 0.25) is 0 Å². The van der Waals surface area contributed by atoms with Gasteiger partial charge in [-0.15, -0.1) is 0 Å². The van der Waals surface area contributed by atoms with Crippen molar-refractivity contribution in [3.05, 3.63) is 23.8 Å². The van der Waals surface area contributed by atoms with E-state index in [1.807, 2.05) is 12.5 Å². The fourth-order valence-corrected chi connectivity index (χ4v) is 2.20. The first kappa shape index (κ1) is 14.5. The summed E-state index contributed by atoms with van der Waals surface area (Å²) in [5, 5.41) is 3.40. The molecule has 0 saturated carbocycles. The Bertz CT molecular complexity index is 574. The van der Waals surface area contributed by atoms with E-state index in [1.54, 1.807) is 0 Å². The van der Waals surface area contributed by atoms with Crippen molar-refractivity contribution in [2.24, 2.45) is 0 Å². The quantitative estimate of drug-likeness (QED) is 0.879. The normalized spacial score (nSPS) is 10.8. The maximum absolute atomic E-state index is 4.70. The molecule has 2 aromatic heterocycles. The Morgan fingerprint density at radius 2 is 2.00 bits per heavy atom. The molecule has 1 N–H and O–H groups in total. The van der Waals surface area contributed by atoms with Crippen LogP contribution in [0.4, 0.5) is 5.82 Å². The van der Waals surface area contributed by atoms with Crippen LogP contribution in [0, 0.1) is 6.92 Å². The molecule has 0 aliphatic rings. The number of nitrogens with one attached hydrogen (secondary N) is 1. The predicted octanol–water partition coefficient (Wildman–Crippen LogP) is 3.05. The van der Waals surface area contributed by atoms with Crippen LogP contribution < -0.4 is 5.32 Å². The number of hydrogen-bond donors (Lipinski definition) is 1. The third-order valence-electron chi connectivity index (χ3n) is 3.41. The second-order valence-electron chi connectivity index (χ2n) is 4.81. The molecule has 0 saturated heterocycles. The molecule has 5 nitrogen and oxygen atoms in total. The van der Waals surface area contributed by atoms with Gasteiger partial charge in [0.15, 0.2) is 5.82 Å². The van der Waals surface area contributed by atoms with E-state index in [2.05, 4.69) is 47.5 Å². The standard InChI is InChI=1S/C15H23N5/c1-5-8-17-14-11(4)12(6-2)18-15(19-14)13-9-16-10-20(13)7-3/h9-10H,5-8H2,1-4H3,(H,17,18,19). The lowest BCUT2D eigenvalue weighted by atomic mass is 10.2. The van der Waals surface area contributed by atoms with E-state index in [1.165, 1.54) is 0 Å². The fourth-order valence-electron chi connectivity index (χ4n) is 2.20. The molecule has 0 bridgehead atoms. The lowest BCUT2D eigenvalue weighted by molar-refractivity contribution is 0.762. The average molecular weight is 273 g/mol. The van der Waals surface area contributed by atoms with Gasteiger partial charge in [0, 0.05) is 24.3 Å². The van der Waals surface area contributed by atoms with Crippen molar-refractivity contribution >= 4 is 5.82 Å². The number of hydrogen-bond acceptors (Lipinski definition) is 4. The second kappa shape index (κ2) is 6.50. The molecular weight excluding hydrogens is 250 g/mol. The highest BCUT2D eigenvalue weighted by Gasteiger charge is 2.13. The summed E-state index contributed by atoms with van der Waals surface area (Å²) < 4.78 is 2.06. The molecule has 0 spiro atoms. The van der Waals surface area contributed by atoms with Crippen LogP contribution >= 0.6 is 0 Å². The van der Waals surface area contributed by atoms with Gasteiger partial charge in [0.25, 0.3) is 0 Å². The zero-order valence-electron chi connectivity index (χ0n) is 12.8. The topological polar surface area (TPSA) is 55.6 Å². The van der Waals surface area contributed by atoms with Gasteiger partial charge < -0.3 is 9.88 Å². The Morgan fingerprint density at radius 3 is 2.65 bits per heavy atom. The Balaban J connectivity index is 2.48. The van der Waals surface area contributed by atoms with Crippen LogP contribution in [0.5, 0.6) is 0 Å². The summed E-state index contributed by atoms with van der Waals surface area (Å²) in [6, 6.07) is 0. The number of aryl methyl sites for hydroxylation is 2. The van der Waals surface area contributed by atoms with Crippen molar-refractivity contribution in [3.8, 4) is 11.5 Å². The molecule has 0 unspecified atom stereocenters. The molecule has 0 aliphatic heterocycles. The molecule has 2 rings (SSSR count). The summed E-state index contributed by atoms with van der Waals surface area (Å²) in [5.41, 5.74) is 3.21. The molecule has 0 amide bonds. The highest BCUT2D eigenvalue weighted by atomic mass is 15.1. The molecule has 20 heavy (non-hydrogen) atoms. The first-order chi connectivity index (χ1) is 9.71. The van der Waals surface area contributed by atoms with Crippen molar-refractivity contribution < 1.29 is 0 Å². The largest absolute Gasteiger partial charge is 0.370 e. The van der Waals surface area contributed by atoms with Gasteiger partial charge in [0.2, 0.25) is 0 Å². The lowest BCUT2D eigenvalue weighted by Gasteiger charge is -2.13. The van der Waals surface area contributed by atoms with Crippen LogP contribution in [-0.2, 0) is 13.0 Å². The van der Waals surface area contributed by atoms with Crippen molar-refractivity contribution in [1.29, 1.82) is 0 Å². The number of rotatable bonds is 6. The van der Waals surface area contributed by atoms with E-state index in [-0.39, 0.29) is 0 Å². The molecule has 0 aromatic carbocycles. The third kappa shape index (κ3) is 2.81. The first-order valence-corrected chi connectivity index (χ1v) is 7.33. The van der Waals surface area contributed by atoms with Crippen molar-refractivity contribution in [3.63, 3.8) is 0 Å². The molecular formula is C15H23N5. The molecule has 0 radical (unpaired) electrons. The average Bonchev–Trinajstić information content (AvgIpc) is 2.94. The van der Waals surface area contributed by atoms with Gasteiger partial charge in [-0.25, -0.2) is 15.0 Å². The summed E-state index contributed by atoms with van der Waals surface area (Å²) in [6.45, 7) is 10.2. The Morgan fingerprint density at radius 1 is 1.20 bits per heavy atom. The van der Waals surface area contributed by atoms with Gasteiger partial charge in [-0.3, -0.25) is 0 Å². The number of anilines is 1. The number of aromatic nitrogens is 4. The SMILES string of the molecule is CCCNc1nc(-c2cncn2CC)nc(CC)c1C. The van der Waals surface area contributed by atoms with Crippen LogP contribution in [0.15, 0.2) is 12.5 Å². The highest BCUT2D eigenvalue weighted by molar-refractivity contribution is 5.56. The second-order valence-corrected chi connectivity index (χ2v) is 4.81. The Kier molecular flexibility index (Phi) is 4.71. The molecule has 0 aliphatic carbocycles. The minimum atomic E-state index is 0.755. The van der Waals surface area contributed by atoms with Crippen LogP contribution in [0.3, 0.4) is 0 Å². The summed E-state index contributed by atoms with van der Waals surface area (Å²) in [7, 11) is 0. The number of imidazole rings is 1. The Labute approximate surface area is 120 Å². The minimum Gasteiger partial charge on any atom is -0.370 e. The fraction of sp³-hybridized carbons (Fsp3) is 0.533. The van der Waals surface area contributed by atoms with Gasteiger partial charge >= 0.3 is 0 Å². The molecule has 2 heterocycles. The van der Waals surface area contributed by atoms with E-state index in [0.29, 0.717) is 0 Å². The summed E-state index contributed by atoms with van der Waals surface area (Å²) in [5.74, 6) is 1.70. The molecule has 0 atom stereocenters. The van der Waals surface area contributed by atoms with Gasteiger partial charge in [0.1, 0.15) is 11.5 Å². The maximum atomic E-state index is 4.70. The zero-order chi connectivity index (χ0) is 14.5. The van der Waals surface area contributed by atoms with Crippen molar-refractivity contribution in [2.45, 2.75) is 47.1 Å². The van der Waals surface area contributed by atoms with Gasteiger partial charge in [-0.2, -0.15) is 0 Å². The maximum Gasteiger partial charge on any atom is 0.180 e. The first-order valence-electron chi connectivity index (χ1n) is 7.33. The smallest absolute Gasteiger partial charge is 0.180 e. The molecule has 0 fully saturated rings. The van der Waals surface area contributed by atoms with Crippen molar-refractivity contribution in [1.82, 2.24) is 19.5 Å². The van der Waals surface area contributed by atoms with Gasteiger partial charge in [0.05, 0.1) is 12.5 Å². The zero-order valence-corrected chi connectivity index (χ0v) is 12.8. The molecule has 2 aromatic rings. The highest BCUT2D eigenvalue weighted by Crippen LogP contribution is 2.22. The predicted molar refractivity (Wildman–Crippen MR) is 81.8 cm³/mol. The van der Waals surface area contributed by atoms with E-state index in [0.717, 1.165) is 54.5 Å². The molecule has 5 heteroatoms. The minimum absolute atomic E-state index is 0.755. The van der Waals surface area contributed by atoms with E-state index in [4.69, 9.17) is 4.98 Å². The molecule has 108 valence electrons. The van der Waals surface area contributed by atoms with E-state index >= 15 is 0 Å². The summed E-state index contributed by atoms with van der Waals surface area (Å²) in [6.07, 6.45) is 5.63.